The lowest BCUT2D eigenvalue weighted by Crippen LogP contribution is -2.61. The molecular weight excluding hydrogens is 374 g/mol. The van der Waals surface area contributed by atoms with Crippen LogP contribution in [0.15, 0.2) is 73.1 Å². The van der Waals surface area contributed by atoms with Crippen LogP contribution in [-0.4, -0.2) is 26.1 Å². The van der Waals surface area contributed by atoms with Crippen LogP contribution in [0.1, 0.15) is 42.7 Å². The molecule has 0 saturated carbocycles. The SMILES string of the molecule is C[C@H](c1ccccc1)N1c2nc(-n3ccc4ncccc43)ccc2C(=O)NC1(C)C. The molecule has 1 amide bonds. The van der Waals surface area contributed by atoms with E-state index in [2.05, 4.69) is 34.3 Å². The number of amides is 1. The predicted molar refractivity (Wildman–Crippen MR) is 118 cm³/mol. The van der Waals surface area contributed by atoms with Crippen molar-refractivity contribution in [3.05, 3.63) is 84.2 Å². The lowest BCUT2D eigenvalue weighted by atomic mass is 9.98. The summed E-state index contributed by atoms with van der Waals surface area (Å²) in [5, 5.41) is 3.13. The molecule has 0 unspecified atom stereocenters. The Labute approximate surface area is 175 Å². The third-order valence-electron chi connectivity index (χ3n) is 5.73. The first-order valence-corrected chi connectivity index (χ1v) is 10.1. The van der Waals surface area contributed by atoms with Crippen molar-refractivity contribution in [2.24, 2.45) is 0 Å². The van der Waals surface area contributed by atoms with Crippen molar-refractivity contribution in [2.75, 3.05) is 4.90 Å². The fourth-order valence-electron chi connectivity index (χ4n) is 4.32. The van der Waals surface area contributed by atoms with Gasteiger partial charge in [0.15, 0.2) is 0 Å². The second-order valence-corrected chi connectivity index (χ2v) is 8.10. The molecule has 0 bridgehead atoms. The number of carbonyl (C=O) groups is 1. The number of benzene rings is 1. The van der Waals surface area contributed by atoms with Gasteiger partial charge in [-0.3, -0.25) is 14.3 Å². The lowest BCUT2D eigenvalue weighted by Gasteiger charge is -2.47. The quantitative estimate of drug-likeness (QED) is 0.554. The van der Waals surface area contributed by atoms with Gasteiger partial charge in [0, 0.05) is 12.4 Å². The fourth-order valence-corrected chi connectivity index (χ4v) is 4.32. The number of carbonyl (C=O) groups excluding carboxylic acids is 1. The van der Waals surface area contributed by atoms with Crippen LogP contribution in [0.3, 0.4) is 0 Å². The maximum absolute atomic E-state index is 12.8. The van der Waals surface area contributed by atoms with Crippen molar-refractivity contribution in [2.45, 2.75) is 32.5 Å². The molecule has 4 aromatic rings. The highest BCUT2D eigenvalue weighted by atomic mass is 16.2. The van der Waals surface area contributed by atoms with Crippen molar-refractivity contribution >= 4 is 22.8 Å². The Bertz CT molecular complexity index is 1240. The first-order valence-electron chi connectivity index (χ1n) is 10.1. The molecule has 4 heterocycles. The number of nitrogens with one attached hydrogen (secondary N) is 1. The molecule has 0 spiro atoms. The van der Waals surface area contributed by atoms with E-state index >= 15 is 0 Å². The zero-order valence-corrected chi connectivity index (χ0v) is 17.2. The van der Waals surface area contributed by atoms with E-state index in [1.807, 2.05) is 73.1 Å². The van der Waals surface area contributed by atoms with E-state index in [-0.39, 0.29) is 11.9 Å². The molecule has 0 fully saturated rings. The second-order valence-electron chi connectivity index (χ2n) is 8.10. The van der Waals surface area contributed by atoms with Gasteiger partial charge < -0.3 is 10.2 Å². The van der Waals surface area contributed by atoms with Gasteiger partial charge in [-0.1, -0.05) is 30.3 Å². The standard InChI is InChI=1S/C24H23N5O/c1-16(17-8-5-4-6-9-17)29-22-18(23(30)27-24(29,2)3)11-12-21(26-22)28-15-13-19-20(28)10-7-14-25-19/h4-16H,1-3H3,(H,27,30)/t16-/m1/s1. The number of anilines is 1. The number of nitrogens with zero attached hydrogens (tertiary/aromatic N) is 4. The molecule has 6 heteroatoms. The number of fused-ring (bicyclic) bond motifs is 2. The monoisotopic (exact) mass is 397 g/mol. The zero-order chi connectivity index (χ0) is 20.9. The fraction of sp³-hybridized carbons (Fsp3) is 0.208. The van der Waals surface area contributed by atoms with E-state index in [9.17, 15) is 4.79 Å². The molecule has 1 aromatic carbocycles. The highest BCUT2D eigenvalue weighted by Crippen LogP contribution is 2.37. The minimum Gasteiger partial charge on any atom is -0.330 e. The van der Waals surface area contributed by atoms with Crippen LogP contribution in [0.2, 0.25) is 0 Å². The summed E-state index contributed by atoms with van der Waals surface area (Å²) in [7, 11) is 0. The van der Waals surface area contributed by atoms with E-state index in [1.165, 1.54) is 0 Å². The minimum absolute atomic E-state index is 0.0198. The number of hydrogen-bond donors (Lipinski definition) is 1. The lowest BCUT2D eigenvalue weighted by molar-refractivity contribution is 0.0892. The van der Waals surface area contributed by atoms with E-state index in [1.54, 1.807) is 6.20 Å². The van der Waals surface area contributed by atoms with Gasteiger partial charge in [0.2, 0.25) is 0 Å². The van der Waals surface area contributed by atoms with Crippen LogP contribution in [0.5, 0.6) is 0 Å². The Hall–Kier alpha value is -3.67. The summed E-state index contributed by atoms with van der Waals surface area (Å²) in [6.07, 6.45) is 3.74. The van der Waals surface area contributed by atoms with Crippen molar-refractivity contribution in [1.82, 2.24) is 19.9 Å². The summed E-state index contributed by atoms with van der Waals surface area (Å²) in [5.41, 5.74) is 3.04. The molecule has 1 aliphatic rings. The highest BCUT2D eigenvalue weighted by molar-refractivity contribution is 6.01. The molecule has 1 aliphatic heterocycles. The number of pyridine rings is 2. The van der Waals surface area contributed by atoms with Crippen molar-refractivity contribution in [3.8, 4) is 5.82 Å². The molecule has 1 atom stereocenters. The Morgan fingerprint density at radius 3 is 2.60 bits per heavy atom. The summed E-state index contributed by atoms with van der Waals surface area (Å²) >= 11 is 0. The van der Waals surface area contributed by atoms with E-state index in [0.717, 1.165) is 22.4 Å². The Kier molecular flexibility index (Phi) is 4.10. The van der Waals surface area contributed by atoms with Gasteiger partial charge >= 0.3 is 0 Å². The summed E-state index contributed by atoms with van der Waals surface area (Å²) in [6, 6.07) is 19.9. The van der Waals surface area contributed by atoms with Crippen molar-refractivity contribution < 1.29 is 4.79 Å². The third kappa shape index (κ3) is 2.84. The average Bonchev–Trinajstić information content (AvgIpc) is 3.17. The van der Waals surface area contributed by atoms with Gasteiger partial charge in [0.25, 0.3) is 5.91 Å². The summed E-state index contributed by atoms with van der Waals surface area (Å²) < 4.78 is 2.01. The van der Waals surface area contributed by atoms with Crippen LogP contribution in [0.4, 0.5) is 5.82 Å². The maximum atomic E-state index is 12.8. The zero-order valence-electron chi connectivity index (χ0n) is 17.2. The summed E-state index contributed by atoms with van der Waals surface area (Å²) in [5.74, 6) is 1.33. The van der Waals surface area contributed by atoms with Crippen LogP contribution >= 0.6 is 0 Å². The van der Waals surface area contributed by atoms with Crippen LogP contribution < -0.4 is 10.2 Å². The molecule has 0 aliphatic carbocycles. The third-order valence-corrected chi connectivity index (χ3v) is 5.73. The van der Waals surface area contributed by atoms with Crippen molar-refractivity contribution in [3.63, 3.8) is 0 Å². The molecule has 0 radical (unpaired) electrons. The smallest absolute Gasteiger partial charge is 0.256 e. The van der Waals surface area contributed by atoms with E-state index in [0.29, 0.717) is 11.4 Å². The summed E-state index contributed by atoms with van der Waals surface area (Å²) in [6.45, 7) is 6.16. The number of rotatable bonds is 3. The first-order chi connectivity index (χ1) is 14.5. The number of hydrogen-bond acceptors (Lipinski definition) is 4. The van der Waals surface area contributed by atoms with Gasteiger partial charge in [-0.2, -0.15) is 0 Å². The molecule has 5 rings (SSSR count). The van der Waals surface area contributed by atoms with E-state index in [4.69, 9.17) is 4.98 Å². The predicted octanol–water partition coefficient (Wildman–Crippen LogP) is 4.47. The molecular formula is C24H23N5O. The Balaban J connectivity index is 1.68. The molecule has 150 valence electrons. The van der Waals surface area contributed by atoms with Gasteiger partial charge in [0.1, 0.15) is 17.3 Å². The summed E-state index contributed by atoms with van der Waals surface area (Å²) in [4.78, 5) is 24.4. The normalized spacial score (nSPS) is 16.2. The second kappa shape index (κ2) is 6.69. The minimum atomic E-state index is -0.592. The van der Waals surface area contributed by atoms with Crippen LogP contribution in [-0.2, 0) is 0 Å². The van der Waals surface area contributed by atoms with E-state index < -0.39 is 5.66 Å². The topological polar surface area (TPSA) is 63.1 Å². The molecule has 30 heavy (non-hydrogen) atoms. The first kappa shape index (κ1) is 18.4. The average molecular weight is 397 g/mol. The molecule has 6 nitrogen and oxygen atoms in total. The number of aromatic nitrogens is 3. The van der Waals surface area contributed by atoms with Crippen LogP contribution in [0, 0.1) is 0 Å². The Morgan fingerprint density at radius 1 is 1.00 bits per heavy atom. The molecule has 3 aromatic heterocycles. The van der Waals surface area contributed by atoms with Gasteiger partial charge in [-0.15, -0.1) is 0 Å². The maximum Gasteiger partial charge on any atom is 0.256 e. The molecule has 0 saturated heterocycles. The largest absolute Gasteiger partial charge is 0.330 e. The van der Waals surface area contributed by atoms with Gasteiger partial charge in [-0.25, -0.2) is 4.98 Å². The van der Waals surface area contributed by atoms with Crippen LogP contribution in [0.25, 0.3) is 16.9 Å². The molecule has 1 N–H and O–H groups in total. The van der Waals surface area contributed by atoms with Crippen molar-refractivity contribution in [1.29, 1.82) is 0 Å². The Morgan fingerprint density at radius 2 is 1.80 bits per heavy atom. The van der Waals surface area contributed by atoms with Gasteiger partial charge in [-0.05, 0) is 56.7 Å². The highest BCUT2D eigenvalue weighted by Gasteiger charge is 2.40. The van der Waals surface area contributed by atoms with Gasteiger partial charge in [0.05, 0.1) is 22.6 Å².